The Bertz CT molecular complexity index is 1360. The van der Waals surface area contributed by atoms with Crippen molar-refractivity contribution >= 4 is 34.8 Å². The van der Waals surface area contributed by atoms with E-state index < -0.39 is 16.7 Å². The summed E-state index contributed by atoms with van der Waals surface area (Å²) < 4.78 is 7.26. The Balaban J connectivity index is 1.73. The number of nitrogen functional groups attached to an aromatic ring is 1. The number of anilines is 1. The lowest BCUT2D eigenvalue weighted by Crippen LogP contribution is -2.44. The summed E-state index contributed by atoms with van der Waals surface area (Å²) in [7, 11) is 0. The van der Waals surface area contributed by atoms with E-state index in [1.54, 1.807) is 18.2 Å². The zero-order chi connectivity index (χ0) is 23.4. The number of nitrogens with one attached hydrogen (secondary N) is 1. The molecule has 1 amide bonds. The molecule has 3 aromatic rings. The van der Waals surface area contributed by atoms with Crippen LogP contribution in [-0.2, 0) is 10.2 Å². The lowest BCUT2D eigenvalue weighted by Gasteiger charge is -2.27. The number of aromatic nitrogens is 3. The Morgan fingerprint density at radius 1 is 1.12 bits per heavy atom. The molecular formula is C21H19Cl2N5O4. The first-order valence-electron chi connectivity index (χ1n) is 9.63. The number of hydrogen-bond donors (Lipinski definition) is 2. The molecule has 2 aromatic carbocycles. The molecule has 1 atom stereocenters. The van der Waals surface area contributed by atoms with Gasteiger partial charge < -0.3 is 15.9 Å². The summed E-state index contributed by atoms with van der Waals surface area (Å²) in [6.07, 6.45) is 0.902. The van der Waals surface area contributed by atoms with Crippen LogP contribution >= 0.6 is 23.2 Å². The molecule has 2 heterocycles. The maximum atomic E-state index is 12.6. The summed E-state index contributed by atoms with van der Waals surface area (Å²) in [6.45, 7) is 5.85. The van der Waals surface area contributed by atoms with Gasteiger partial charge in [-0.15, -0.1) is 0 Å². The number of amides is 1. The van der Waals surface area contributed by atoms with E-state index in [0.717, 1.165) is 22.1 Å². The molecule has 0 saturated heterocycles. The molecule has 0 fully saturated rings. The van der Waals surface area contributed by atoms with Crippen LogP contribution in [0.15, 0.2) is 46.1 Å². The third-order valence-electron chi connectivity index (χ3n) is 5.78. The molecule has 9 nitrogen and oxygen atoms in total. The molecular weight excluding hydrogens is 457 g/mol. The zero-order valence-electron chi connectivity index (χ0n) is 17.3. The summed E-state index contributed by atoms with van der Waals surface area (Å²) in [4.78, 5) is 36.3. The van der Waals surface area contributed by atoms with E-state index in [-0.39, 0.29) is 33.3 Å². The largest absolute Gasteiger partial charge is 0.454 e. The second-order valence-electron chi connectivity index (χ2n) is 7.91. The summed E-state index contributed by atoms with van der Waals surface area (Å²) >= 11 is 12.8. The van der Waals surface area contributed by atoms with Crippen molar-refractivity contribution in [2.45, 2.75) is 26.2 Å². The van der Waals surface area contributed by atoms with Crippen LogP contribution in [-0.4, -0.2) is 20.4 Å². The van der Waals surface area contributed by atoms with Crippen LogP contribution in [0.2, 0.25) is 10.0 Å². The van der Waals surface area contributed by atoms with Gasteiger partial charge in [-0.25, -0.2) is 4.79 Å². The number of halogens is 2. The maximum absolute atomic E-state index is 12.6. The van der Waals surface area contributed by atoms with Crippen molar-refractivity contribution in [2.75, 3.05) is 11.2 Å². The first-order valence-corrected chi connectivity index (χ1v) is 10.4. The van der Waals surface area contributed by atoms with Crippen LogP contribution in [0.3, 0.4) is 0 Å². The van der Waals surface area contributed by atoms with Gasteiger partial charge in [0.1, 0.15) is 11.9 Å². The molecule has 4 rings (SSSR count). The maximum Gasteiger partial charge on any atom is 0.370 e. The van der Waals surface area contributed by atoms with Gasteiger partial charge in [0, 0.05) is 5.69 Å². The molecule has 32 heavy (non-hydrogen) atoms. The third-order valence-corrected chi connectivity index (χ3v) is 6.34. The molecule has 1 aliphatic heterocycles. The quantitative estimate of drug-likeness (QED) is 0.559. The summed E-state index contributed by atoms with van der Waals surface area (Å²) in [5.74, 6) is 6.03. The molecule has 1 aliphatic rings. The topological polar surface area (TPSA) is 121 Å². The lowest BCUT2D eigenvalue weighted by atomic mass is 9.74. The number of nitrogens with zero attached hydrogens (tertiary/aromatic N) is 3. The average molecular weight is 476 g/mol. The molecule has 0 bridgehead atoms. The molecule has 0 spiro atoms. The Kier molecular flexibility index (Phi) is 5.26. The minimum absolute atomic E-state index is 0.0575. The minimum atomic E-state index is -0.859. The number of fused-ring (bicyclic) bond motifs is 1. The Labute approximate surface area is 192 Å². The molecule has 0 radical (unpaired) electrons. The highest BCUT2D eigenvalue weighted by molar-refractivity contribution is 6.37. The van der Waals surface area contributed by atoms with E-state index in [1.807, 2.05) is 20.8 Å². The zero-order valence-corrected chi connectivity index (χ0v) is 18.9. The van der Waals surface area contributed by atoms with E-state index in [9.17, 15) is 14.4 Å². The van der Waals surface area contributed by atoms with Crippen molar-refractivity contribution in [3.05, 3.63) is 73.0 Å². The van der Waals surface area contributed by atoms with Crippen LogP contribution in [0.4, 0.5) is 5.69 Å². The van der Waals surface area contributed by atoms with Crippen LogP contribution in [0.1, 0.15) is 26.3 Å². The number of rotatable bonds is 4. The molecule has 1 unspecified atom stereocenters. The predicted octanol–water partition coefficient (Wildman–Crippen LogP) is 3.07. The number of benzene rings is 2. The fourth-order valence-corrected chi connectivity index (χ4v) is 4.10. The fraction of sp³-hybridized carbons (Fsp3) is 0.238. The lowest BCUT2D eigenvalue weighted by molar-refractivity contribution is -0.121. The smallest absolute Gasteiger partial charge is 0.370 e. The number of carbonyl (C=O) groups is 1. The van der Waals surface area contributed by atoms with E-state index in [0.29, 0.717) is 10.4 Å². The standard InChI is InChI=1S/C21H19Cl2N5O4/c1-10(2)21(3)13-8-12(4-5-16(13)26-19(21)30)32-18-14(22)6-11(7-15(18)23)28-20(31)27(24)17(29)9-25-28/h4-10H,24H2,1-3H3,(H,26,30). The Hall–Kier alpha value is -3.30. The molecule has 3 N–H and O–H groups in total. The van der Waals surface area contributed by atoms with Crippen molar-refractivity contribution in [3.8, 4) is 17.2 Å². The number of ether oxygens (including phenoxy) is 1. The van der Waals surface area contributed by atoms with E-state index in [4.69, 9.17) is 33.8 Å². The van der Waals surface area contributed by atoms with Crippen molar-refractivity contribution < 1.29 is 9.53 Å². The van der Waals surface area contributed by atoms with Crippen LogP contribution in [0.5, 0.6) is 11.5 Å². The fourth-order valence-electron chi connectivity index (χ4n) is 3.55. The minimum Gasteiger partial charge on any atom is -0.454 e. The second kappa shape index (κ2) is 7.68. The number of hydrogen-bond acceptors (Lipinski definition) is 6. The van der Waals surface area contributed by atoms with Crippen LogP contribution in [0.25, 0.3) is 5.69 Å². The van der Waals surface area contributed by atoms with Gasteiger partial charge in [0.2, 0.25) is 5.91 Å². The van der Waals surface area contributed by atoms with Gasteiger partial charge in [0.25, 0.3) is 5.56 Å². The number of nitrogens with two attached hydrogens (primary N) is 1. The molecule has 0 aliphatic carbocycles. The van der Waals surface area contributed by atoms with Crippen molar-refractivity contribution in [1.82, 2.24) is 14.5 Å². The average Bonchev–Trinajstić information content (AvgIpc) is 3.00. The Morgan fingerprint density at radius 2 is 1.78 bits per heavy atom. The van der Waals surface area contributed by atoms with Gasteiger partial charge in [-0.2, -0.15) is 14.5 Å². The second-order valence-corrected chi connectivity index (χ2v) is 8.72. The predicted molar refractivity (Wildman–Crippen MR) is 122 cm³/mol. The summed E-state index contributed by atoms with van der Waals surface area (Å²) in [5.41, 5.74) is -0.561. The van der Waals surface area contributed by atoms with E-state index in [1.165, 1.54) is 12.1 Å². The van der Waals surface area contributed by atoms with E-state index in [2.05, 4.69) is 10.4 Å². The van der Waals surface area contributed by atoms with Gasteiger partial charge in [-0.05, 0) is 48.7 Å². The van der Waals surface area contributed by atoms with Gasteiger partial charge >= 0.3 is 5.69 Å². The number of carbonyl (C=O) groups excluding carboxylic acids is 1. The Morgan fingerprint density at radius 3 is 2.41 bits per heavy atom. The SMILES string of the molecule is CC(C)C1(C)C(=O)Nc2ccc(Oc3c(Cl)cc(-n4ncc(=O)n(N)c4=O)cc3Cl)cc21. The molecule has 1 aromatic heterocycles. The van der Waals surface area contributed by atoms with Crippen molar-refractivity contribution in [1.29, 1.82) is 0 Å². The molecule has 11 heteroatoms. The highest BCUT2D eigenvalue weighted by Crippen LogP contribution is 2.45. The van der Waals surface area contributed by atoms with Gasteiger partial charge in [-0.1, -0.05) is 37.0 Å². The normalized spacial score (nSPS) is 17.4. The van der Waals surface area contributed by atoms with Gasteiger partial charge in [0.15, 0.2) is 5.75 Å². The monoisotopic (exact) mass is 475 g/mol. The van der Waals surface area contributed by atoms with Crippen LogP contribution < -0.4 is 27.1 Å². The highest BCUT2D eigenvalue weighted by atomic mass is 35.5. The highest BCUT2D eigenvalue weighted by Gasteiger charge is 2.45. The molecule has 166 valence electrons. The first kappa shape index (κ1) is 21.9. The summed E-state index contributed by atoms with van der Waals surface area (Å²) in [5, 5.41) is 6.90. The first-order chi connectivity index (χ1) is 15.0. The van der Waals surface area contributed by atoms with Crippen molar-refractivity contribution in [3.63, 3.8) is 0 Å². The van der Waals surface area contributed by atoms with Crippen molar-refractivity contribution in [2.24, 2.45) is 5.92 Å². The molecule has 0 saturated carbocycles. The van der Waals surface area contributed by atoms with Gasteiger partial charge in [-0.3, -0.25) is 9.59 Å². The van der Waals surface area contributed by atoms with Gasteiger partial charge in [0.05, 0.1) is 21.1 Å². The summed E-state index contributed by atoms with van der Waals surface area (Å²) in [6, 6.07) is 8.07. The van der Waals surface area contributed by atoms with E-state index >= 15 is 0 Å². The van der Waals surface area contributed by atoms with Crippen LogP contribution in [0, 0.1) is 5.92 Å². The third kappa shape index (κ3) is 3.34.